The second kappa shape index (κ2) is 5.29. The molecule has 0 fully saturated rings. The fourth-order valence-electron chi connectivity index (χ4n) is 2.59. The number of hydrogen-bond donors (Lipinski definition) is 2. The molecule has 1 aromatic carbocycles. The molecule has 104 valence electrons. The maximum absolute atomic E-state index is 14.0. The van der Waals surface area contributed by atoms with E-state index >= 15 is 0 Å². The molecule has 0 radical (unpaired) electrons. The second-order valence-electron chi connectivity index (χ2n) is 5.56. The highest BCUT2D eigenvalue weighted by molar-refractivity contribution is 6.03. The highest BCUT2D eigenvalue weighted by Gasteiger charge is 2.32. The van der Waals surface area contributed by atoms with E-state index in [9.17, 15) is 14.3 Å². The number of aliphatic hydroxyl groups is 1. The Hall–Kier alpha value is -1.42. The fourth-order valence-corrected chi connectivity index (χ4v) is 2.59. The van der Waals surface area contributed by atoms with Gasteiger partial charge in [-0.25, -0.2) is 4.39 Å². The molecule has 0 spiro atoms. The van der Waals surface area contributed by atoms with Crippen LogP contribution in [0.3, 0.4) is 0 Å². The Labute approximate surface area is 112 Å². The molecule has 1 aliphatic heterocycles. The number of nitrogens with one attached hydrogen (secondary N) is 1. The topological polar surface area (TPSA) is 49.3 Å². The Morgan fingerprint density at radius 2 is 2.11 bits per heavy atom. The van der Waals surface area contributed by atoms with Gasteiger partial charge in [-0.3, -0.25) is 4.79 Å². The molecule has 1 aromatic rings. The molecule has 0 saturated heterocycles. The summed E-state index contributed by atoms with van der Waals surface area (Å²) in [5.74, 6) is -0.602. The van der Waals surface area contributed by atoms with Crippen molar-refractivity contribution in [3.05, 3.63) is 29.1 Å². The third-order valence-corrected chi connectivity index (χ3v) is 3.57. The second-order valence-corrected chi connectivity index (χ2v) is 5.56. The number of aliphatic hydroxyl groups excluding tert-OH is 1. The molecule has 0 aliphatic carbocycles. The van der Waals surface area contributed by atoms with Crippen LogP contribution in [0, 0.1) is 11.7 Å². The molecule has 3 nitrogen and oxygen atoms in total. The van der Waals surface area contributed by atoms with E-state index in [1.165, 1.54) is 6.07 Å². The predicted octanol–water partition coefficient (Wildman–Crippen LogP) is 3.35. The maximum atomic E-state index is 14.0. The van der Waals surface area contributed by atoms with Crippen LogP contribution in [0.15, 0.2) is 12.1 Å². The third-order valence-electron chi connectivity index (χ3n) is 3.57. The van der Waals surface area contributed by atoms with E-state index in [-0.39, 0.29) is 17.5 Å². The van der Waals surface area contributed by atoms with Gasteiger partial charge in [0.2, 0.25) is 5.91 Å². The number of benzene rings is 1. The lowest BCUT2D eigenvalue weighted by Crippen LogP contribution is -2.10. The number of carbonyl (C=O) groups is 1. The van der Waals surface area contributed by atoms with Gasteiger partial charge >= 0.3 is 0 Å². The summed E-state index contributed by atoms with van der Waals surface area (Å²) in [5.41, 5.74) is 1.50. The van der Waals surface area contributed by atoms with Crippen molar-refractivity contribution in [1.82, 2.24) is 0 Å². The summed E-state index contributed by atoms with van der Waals surface area (Å²) in [7, 11) is 0. The van der Waals surface area contributed by atoms with Crippen LogP contribution < -0.4 is 5.32 Å². The molecule has 0 saturated carbocycles. The summed E-state index contributed by atoms with van der Waals surface area (Å²) < 4.78 is 14.0. The summed E-state index contributed by atoms with van der Waals surface area (Å²) in [6.07, 6.45) is 0.520. The van der Waals surface area contributed by atoms with Gasteiger partial charge in [0.05, 0.1) is 17.7 Å². The van der Waals surface area contributed by atoms with Crippen molar-refractivity contribution in [2.75, 3.05) is 5.32 Å². The summed E-state index contributed by atoms with van der Waals surface area (Å²) in [6.45, 7) is 5.91. The SMILES string of the molecule is CCC1C(=O)Nc2c(F)cc(C(O)CC(C)C)cc21. The molecule has 1 heterocycles. The summed E-state index contributed by atoms with van der Waals surface area (Å²) >= 11 is 0. The van der Waals surface area contributed by atoms with Crippen molar-refractivity contribution in [3.63, 3.8) is 0 Å². The van der Waals surface area contributed by atoms with Crippen LogP contribution in [0.4, 0.5) is 10.1 Å². The van der Waals surface area contributed by atoms with Crippen molar-refractivity contribution >= 4 is 11.6 Å². The van der Waals surface area contributed by atoms with E-state index in [4.69, 9.17) is 0 Å². The van der Waals surface area contributed by atoms with Gasteiger partial charge in [-0.15, -0.1) is 0 Å². The first kappa shape index (κ1) is 14.0. The van der Waals surface area contributed by atoms with Gasteiger partial charge < -0.3 is 10.4 Å². The van der Waals surface area contributed by atoms with E-state index in [0.29, 0.717) is 29.9 Å². The zero-order valence-electron chi connectivity index (χ0n) is 11.5. The molecule has 4 heteroatoms. The van der Waals surface area contributed by atoms with Crippen molar-refractivity contribution in [2.45, 2.75) is 45.6 Å². The van der Waals surface area contributed by atoms with Crippen LogP contribution in [0.1, 0.15) is 56.8 Å². The summed E-state index contributed by atoms with van der Waals surface area (Å²) in [4.78, 5) is 11.7. The first-order chi connectivity index (χ1) is 8.93. The van der Waals surface area contributed by atoms with E-state index in [2.05, 4.69) is 5.32 Å². The standard InChI is InChI=1S/C15H20FNO2/c1-4-10-11-6-9(13(18)5-8(2)3)7-12(16)14(11)17-15(10)19/h6-8,10,13,18H,4-5H2,1-3H3,(H,17,19). The lowest BCUT2D eigenvalue weighted by atomic mass is 9.92. The first-order valence-corrected chi connectivity index (χ1v) is 6.76. The summed E-state index contributed by atoms with van der Waals surface area (Å²) in [5, 5.41) is 12.7. The number of rotatable bonds is 4. The molecule has 0 aromatic heterocycles. The Morgan fingerprint density at radius 1 is 1.42 bits per heavy atom. The largest absolute Gasteiger partial charge is 0.388 e. The molecule has 1 aliphatic rings. The van der Waals surface area contributed by atoms with E-state index in [1.54, 1.807) is 6.07 Å². The number of carbonyl (C=O) groups excluding carboxylic acids is 1. The molecule has 2 rings (SSSR count). The lowest BCUT2D eigenvalue weighted by molar-refractivity contribution is -0.117. The minimum atomic E-state index is -0.687. The van der Waals surface area contributed by atoms with E-state index < -0.39 is 11.9 Å². The van der Waals surface area contributed by atoms with Crippen LogP contribution in [0.5, 0.6) is 0 Å². The Bertz CT molecular complexity index is 499. The number of anilines is 1. The van der Waals surface area contributed by atoms with Crippen molar-refractivity contribution in [3.8, 4) is 0 Å². The molecule has 0 bridgehead atoms. The van der Waals surface area contributed by atoms with Gasteiger partial charge in [-0.05, 0) is 36.0 Å². The van der Waals surface area contributed by atoms with E-state index in [1.807, 2.05) is 20.8 Å². The number of hydrogen-bond acceptors (Lipinski definition) is 2. The molecule has 1 amide bonds. The highest BCUT2D eigenvalue weighted by atomic mass is 19.1. The monoisotopic (exact) mass is 265 g/mol. The summed E-state index contributed by atoms with van der Waals surface area (Å²) in [6, 6.07) is 3.09. The highest BCUT2D eigenvalue weighted by Crippen LogP contribution is 2.38. The number of fused-ring (bicyclic) bond motifs is 1. The zero-order valence-corrected chi connectivity index (χ0v) is 11.5. The average molecular weight is 265 g/mol. The van der Waals surface area contributed by atoms with Gasteiger partial charge in [0.25, 0.3) is 0 Å². The third kappa shape index (κ3) is 2.63. The first-order valence-electron chi connectivity index (χ1n) is 6.76. The molecule has 19 heavy (non-hydrogen) atoms. The quantitative estimate of drug-likeness (QED) is 0.877. The minimum absolute atomic E-state index is 0.160. The fraction of sp³-hybridized carbons (Fsp3) is 0.533. The smallest absolute Gasteiger partial charge is 0.232 e. The van der Waals surface area contributed by atoms with Gasteiger partial charge in [0.1, 0.15) is 5.82 Å². The van der Waals surface area contributed by atoms with Crippen molar-refractivity contribution < 1.29 is 14.3 Å². The number of amides is 1. The van der Waals surface area contributed by atoms with Crippen LogP contribution in [0.2, 0.25) is 0 Å². The van der Waals surface area contributed by atoms with Crippen LogP contribution >= 0.6 is 0 Å². The molecule has 2 atom stereocenters. The van der Waals surface area contributed by atoms with Gasteiger partial charge in [0.15, 0.2) is 0 Å². The maximum Gasteiger partial charge on any atom is 0.232 e. The van der Waals surface area contributed by atoms with Gasteiger partial charge in [-0.1, -0.05) is 26.8 Å². The van der Waals surface area contributed by atoms with Gasteiger partial charge in [-0.2, -0.15) is 0 Å². The number of halogens is 1. The van der Waals surface area contributed by atoms with Crippen molar-refractivity contribution in [1.29, 1.82) is 0 Å². The predicted molar refractivity (Wildman–Crippen MR) is 72.5 cm³/mol. The lowest BCUT2D eigenvalue weighted by Gasteiger charge is -2.15. The normalized spacial score (nSPS) is 19.5. The molecular weight excluding hydrogens is 245 g/mol. The molecule has 2 unspecified atom stereocenters. The van der Waals surface area contributed by atoms with Crippen molar-refractivity contribution in [2.24, 2.45) is 5.92 Å². The minimum Gasteiger partial charge on any atom is -0.388 e. The van der Waals surface area contributed by atoms with Crippen LogP contribution in [0.25, 0.3) is 0 Å². The molecule has 2 N–H and O–H groups in total. The Kier molecular flexibility index (Phi) is 3.90. The average Bonchev–Trinajstić information content (AvgIpc) is 2.64. The van der Waals surface area contributed by atoms with Gasteiger partial charge in [0, 0.05) is 0 Å². The zero-order chi connectivity index (χ0) is 14.2. The van der Waals surface area contributed by atoms with E-state index in [0.717, 1.165) is 0 Å². The van der Waals surface area contributed by atoms with Crippen LogP contribution in [-0.4, -0.2) is 11.0 Å². The van der Waals surface area contributed by atoms with Crippen LogP contribution in [-0.2, 0) is 4.79 Å². The Balaban J connectivity index is 2.38. The Morgan fingerprint density at radius 3 is 2.68 bits per heavy atom. The molecular formula is C15H20FNO2.